The molecule has 5 heteroatoms. The molecule has 0 aliphatic heterocycles. The van der Waals surface area contributed by atoms with Crippen LogP contribution in [0.15, 0.2) is 72.8 Å². The van der Waals surface area contributed by atoms with Crippen LogP contribution in [0, 0.1) is 0 Å². The molecule has 1 heterocycles. The molecule has 0 atom stereocenters. The molecule has 0 saturated heterocycles. The van der Waals surface area contributed by atoms with Crippen molar-refractivity contribution in [1.82, 2.24) is 10.2 Å². The van der Waals surface area contributed by atoms with Gasteiger partial charge in [0, 0.05) is 17.2 Å². The molecule has 1 N–H and O–H groups in total. The average molecular weight is 376 g/mol. The molecule has 0 spiro atoms. The van der Waals surface area contributed by atoms with Gasteiger partial charge in [0.2, 0.25) is 0 Å². The third kappa shape index (κ3) is 3.71. The Bertz CT molecular complexity index is 1080. The molecule has 0 fully saturated rings. The van der Waals surface area contributed by atoms with Gasteiger partial charge in [-0.2, -0.15) is 5.10 Å². The lowest BCUT2D eigenvalue weighted by Gasteiger charge is -2.12. The minimum atomic E-state index is 0.644. The molecule has 0 radical (unpaired) electrons. The maximum absolute atomic E-state index is 6.27. The number of para-hydroxylation sites is 1. The molecule has 0 aliphatic rings. The van der Waals surface area contributed by atoms with Crippen molar-refractivity contribution >= 4 is 33.9 Å². The first-order valence-electron chi connectivity index (χ1n) is 8.63. The van der Waals surface area contributed by atoms with Crippen LogP contribution in [0.25, 0.3) is 10.8 Å². The molecule has 27 heavy (non-hydrogen) atoms. The summed E-state index contributed by atoms with van der Waals surface area (Å²) in [5.74, 6) is 1.53. The van der Waals surface area contributed by atoms with E-state index >= 15 is 0 Å². The Hall–Kier alpha value is -3.11. The third-order valence-electron chi connectivity index (χ3n) is 4.42. The molecule has 0 unspecified atom stereocenters. The number of benzene rings is 3. The fraction of sp³-hybridized carbons (Fsp3) is 0.0909. The van der Waals surface area contributed by atoms with Gasteiger partial charge in [0.1, 0.15) is 5.75 Å². The molecule has 0 saturated carbocycles. The van der Waals surface area contributed by atoms with Crippen LogP contribution in [0.3, 0.4) is 0 Å². The second-order valence-electron chi connectivity index (χ2n) is 6.17. The molecule has 134 valence electrons. The predicted molar refractivity (Wildman–Crippen MR) is 110 cm³/mol. The number of hydrogen-bond donors (Lipinski definition) is 1. The Morgan fingerprint density at radius 1 is 0.852 bits per heavy atom. The molecule has 1 aromatic heterocycles. The smallest absolute Gasteiger partial charge is 0.161 e. The normalized spacial score (nSPS) is 10.7. The van der Waals surface area contributed by atoms with E-state index in [0.29, 0.717) is 17.3 Å². The molecular weight excluding hydrogens is 358 g/mol. The zero-order chi connectivity index (χ0) is 18.6. The van der Waals surface area contributed by atoms with Crippen LogP contribution >= 0.6 is 11.6 Å². The number of fused-ring (bicyclic) bond motifs is 1. The quantitative estimate of drug-likeness (QED) is 0.491. The Labute approximate surface area is 162 Å². The summed E-state index contributed by atoms with van der Waals surface area (Å²) in [5, 5.41) is 14.9. The van der Waals surface area contributed by atoms with Gasteiger partial charge in [-0.1, -0.05) is 60.1 Å². The third-order valence-corrected chi connectivity index (χ3v) is 4.75. The van der Waals surface area contributed by atoms with Gasteiger partial charge in [0.05, 0.1) is 23.5 Å². The molecule has 4 nitrogen and oxygen atoms in total. The topological polar surface area (TPSA) is 47.0 Å². The predicted octanol–water partition coefficient (Wildman–Crippen LogP) is 5.63. The highest BCUT2D eigenvalue weighted by Crippen LogP contribution is 2.29. The standard InChI is InChI=1S/C22H18ClN3O/c1-27-16-12-10-15(11-13-16)14-21-17-6-2-3-7-18(17)22(26-25-21)24-20-9-5-4-8-19(20)23/h2-13H,14H2,1H3,(H,24,26). The Morgan fingerprint density at radius 3 is 2.30 bits per heavy atom. The van der Waals surface area contributed by atoms with Crippen molar-refractivity contribution in [3.8, 4) is 5.75 Å². The maximum Gasteiger partial charge on any atom is 0.161 e. The van der Waals surface area contributed by atoms with Crippen molar-refractivity contribution < 1.29 is 4.74 Å². The van der Waals surface area contributed by atoms with Crippen molar-refractivity contribution in [3.05, 3.63) is 89.1 Å². The second kappa shape index (κ2) is 7.64. The van der Waals surface area contributed by atoms with Crippen molar-refractivity contribution in [2.45, 2.75) is 6.42 Å². The van der Waals surface area contributed by atoms with Gasteiger partial charge in [-0.25, -0.2) is 0 Å². The van der Waals surface area contributed by atoms with Crippen LogP contribution in [0.1, 0.15) is 11.3 Å². The zero-order valence-corrected chi connectivity index (χ0v) is 15.6. The summed E-state index contributed by atoms with van der Waals surface area (Å²) in [6.45, 7) is 0. The van der Waals surface area contributed by atoms with Gasteiger partial charge >= 0.3 is 0 Å². The van der Waals surface area contributed by atoms with E-state index in [2.05, 4.69) is 21.6 Å². The van der Waals surface area contributed by atoms with E-state index in [4.69, 9.17) is 16.3 Å². The molecule has 4 rings (SSSR count). The highest BCUT2D eigenvalue weighted by atomic mass is 35.5. The van der Waals surface area contributed by atoms with E-state index < -0.39 is 0 Å². The summed E-state index contributed by atoms with van der Waals surface area (Å²) >= 11 is 6.27. The van der Waals surface area contributed by atoms with Crippen molar-refractivity contribution in [1.29, 1.82) is 0 Å². The van der Waals surface area contributed by atoms with E-state index in [0.717, 1.165) is 33.5 Å². The largest absolute Gasteiger partial charge is 0.497 e. The SMILES string of the molecule is COc1ccc(Cc2nnc(Nc3ccccc3Cl)c3ccccc23)cc1. The number of rotatable bonds is 5. The Kier molecular flexibility index (Phi) is 4.90. The lowest BCUT2D eigenvalue weighted by atomic mass is 10.0. The highest BCUT2D eigenvalue weighted by molar-refractivity contribution is 6.33. The average Bonchev–Trinajstić information content (AvgIpc) is 2.72. The van der Waals surface area contributed by atoms with Crippen LogP contribution in [-0.4, -0.2) is 17.3 Å². The first-order valence-corrected chi connectivity index (χ1v) is 9.01. The number of halogens is 1. The number of aromatic nitrogens is 2. The summed E-state index contributed by atoms with van der Waals surface area (Å²) in [4.78, 5) is 0. The Morgan fingerprint density at radius 2 is 1.56 bits per heavy atom. The molecule has 0 amide bonds. The second-order valence-corrected chi connectivity index (χ2v) is 6.58. The van der Waals surface area contributed by atoms with Crippen LogP contribution < -0.4 is 10.1 Å². The number of methoxy groups -OCH3 is 1. The van der Waals surface area contributed by atoms with Crippen LogP contribution in [-0.2, 0) is 6.42 Å². The molecule has 0 aliphatic carbocycles. The van der Waals surface area contributed by atoms with E-state index in [-0.39, 0.29) is 0 Å². The van der Waals surface area contributed by atoms with E-state index in [1.54, 1.807) is 7.11 Å². The molecule has 4 aromatic rings. The fourth-order valence-corrected chi connectivity index (χ4v) is 3.19. The summed E-state index contributed by atoms with van der Waals surface area (Å²) in [6, 6.07) is 23.7. The van der Waals surface area contributed by atoms with Crippen LogP contribution in [0.5, 0.6) is 5.75 Å². The van der Waals surface area contributed by atoms with Gasteiger partial charge < -0.3 is 10.1 Å². The summed E-state index contributed by atoms with van der Waals surface area (Å²) < 4.78 is 5.22. The molecular formula is C22H18ClN3O. The lowest BCUT2D eigenvalue weighted by Crippen LogP contribution is -2.02. The number of nitrogens with zero attached hydrogens (tertiary/aromatic N) is 2. The maximum atomic E-state index is 6.27. The highest BCUT2D eigenvalue weighted by Gasteiger charge is 2.11. The van der Waals surface area contributed by atoms with Crippen molar-refractivity contribution in [3.63, 3.8) is 0 Å². The van der Waals surface area contributed by atoms with Crippen LogP contribution in [0.4, 0.5) is 11.5 Å². The minimum Gasteiger partial charge on any atom is -0.497 e. The minimum absolute atomic E-state index is 0.644. The van der Waals surface area contributed by atoms with E-state index in [9.17, 15) is 0 Å². The lowest BCUT2D eigenvalue weighted by molar-refractivity contribution is 0.414. The monoisotopic (exact) mass is 375 g/mol. The van der Waals surface area contributed by atoms with E-state index in [1.807, 2.05) is 66.7 Å². The number of nitrogens with one attached hydrogen (secondary N) is 1. The van der Waals surface area contributed by atoms with Gasteiger partial charge in [-0.3, -0.25) is 0 Å². The van der Waals surface area contributed by atoms with E-state index in [1.165, 1.54) is 0 Å². The first-order chi connectivity index (χ1) is 13.2. The van der Waals surface area contributed by atoms with Crippen LogP contribution in [0.2, 0.25) is 5.02 Å². The summed E-state index contributed by atoms with van der Waals surface area (Å²) in [5.41, 5.74) is 2.89. The summed E-state index contributed by atoms with van der Waals surface area (Å²) in [6.07, 6.45) is 0.698. The zero-order valence-electron chi connectivity index (χ0n) is 14.8. The number of hydrogen-bond acceptors (Lipinski definition) is 4. The van der Waals surface area contributed by atoms with Gasteiger partial charge in [-0.05, 0) is 29.8 Å². The number of anilines is 2. The van der Waals surface area contributed by atoms with Crippen molar-refractivity contribution in [2.24, 2.45) is 0 Å². The molecule has 0 bridgehead atoms. The van der Waals surface area contributed by atoms with Crippen molar-refractivity contribution in [2.75, 3.05) is 12.4 Å². The first kappa shape index (κ1) is 17.3. The van der Waals surface area contributed by atoms with Gasteiger partial charge in [0.25, 0.3) is 0 Å². The fourth-order valence-electron chi connectivity index (χ4n) is 3.01. The van der Waals surface area contributed by atoms with Gasteiger partial charge in [-0.15, -0.1) is 5.10 Å². The number of ether oxygens (including phenoxy) is 1. The van der Waals surface area contributed by atoms with Gasteiger partial charge in [0.15, 0.2) is 5.82 Å². The Balaban J connectivity index is 1.70. The summed E-state index contributed by atoms with van der Waals surface area (Å²) in [7, 11) is 1.67. The molecule has 3 aromatic carbocycles.